The molecule has 0 aliphatic heterocycles. The number of amides is 1. The highest BCUT2D eigenvalue weighted by Crippen LogP contribution is 2.23. The third-order valence-electron chi connectivity index (χ3n) is 4.86. The lowest BCUT2D eigenvalue weighted by atomic mass is 10.1. The van der Waals surface area contributed by atoms with Crippen LogP contribution in [0.25, 0.3) is 16.7 Å². The summed E-state index contributed by atoms with van der Waals surface area (Å²) >= 11 is 0. The number of carbonyl (C=O) groups excluding carboxylic acids is 1. The highest BCUT2D eigenvalue weighted by molar-refractivity contribution is 5.94. The second-order valence-electron chi connectivity index (χ2n) is 7.11. The number of benzene rings is 3. The van der Waals surface area contributed by atoms with Gasteiger partial charge in [0.25, 0.3) is 0 Å². The van der Waals surface area contributed by atoms with Gasteiger partial charge < -0.3 is 10.1 Å². The van der Waals surface area contributed by atoms with E-state index in [1.807, 2.05) is 80.6 Å². The van der Waals surface area contributed by atoms with Crippen molar-refractivity contribution in [3.8, 4) is 11.4 Å². The predicted molar refractivity (Wildman–Crippen MR) is 118 cm³/mol. The first-order chi connectivity index (χ1) is 14.6. The van der Waals surface area contributed by atoms with Crippen LogP contribution < -0.4 is 10.1 Å². The van der Waals surface area contributed by atoms with Gasteiger partial charge in [0.05, 0.1) is 12.3 Å². The van der Waals surface area contributed by atoms with Crippen molar-refractivity contribution in [2.45, 2.75) is 26.7 Å². The Morgan fingerprint density at radius 1 is 1.00 bits per heavy atom. The number of aryl methyl sites for hydroxylation is 2. The summed E-state index contributed by atoms with van der Waals surface area (Å²) in [6.45, 7) is 4.54. The minimum Gasteiger partial charge on any atom is -0.494 e. The van der Waals surface area contributed by atoms with Crippen LogP contribution in [0.2, 0.25) is 0 Å². The van der Waals surface area contributed by atoms with Gasteiger partial charge in [-0.3, -0.25) is 4.79 Å². The van der Waals surface area contributed by atoms with E-state index in [-0.39, 0.29) is 5.91 Å². The summed E-state index contributed by atoms with van der Waals surface area (Å²) in [6.07, 6.45) is 1.14. The molecule has 0 fully saturated rings. The second kappa shape index (κ2) is 8.78. The molecule has 1 aromatic heterocycles. The molecule has 0 radical (unpaired) electrons. The van der Waals surface area contributed by atoms with Gasteiger partial charge in [-0.1, -0.05) is 30.3 Å². The molecule has 0 saturated carbocycles. The van der Waals surface area contributed by atoms with Gasteiger partial charge in [0.1, 0.15) is 16.8 Å². The number of rotatable bonds is 7. The molecule has 152 valence electrons. The molecule has 6 nitrogen and oxygen atoms in total. The SMILES string of the molecule is CCOc1ccc(-n2nc3cc(C)c(NC(=O)CCc4ccccc4)cc3n2)cc1. The fourth-order valence-electron chi connectivity index (χ4n) is 3.28. The molecular formula is C24H24N4O2. The highest BCUT2D eigenvalue weighted by Gasteiger charge is 2.11. The van der Waals surface area contributed by atoms with E-state index in [0.29, 0.717) is 19.4 Å². The highest BCUT2D eigenvalue weighted by atomic mass is 16.5. The van der Waals surface area contributed by atoms with Crippen LogP contribution in [0.4, 0.5) is 5.69 Å². The van der Waals surface area contributed by atoms with Crippen molar-refractivity contribution in [3.05, 3.63) is 77.9 Å². The van der Waals surface area contributed by atoms with Crippen LogP contribution in [0.5, 0.6) is 5.75 Å². The van der Waals surface area contributed by atoms with E-state index in [0.717, 1.165) is 39.3 Å². The molecule has 1 heterocycles. The lowest BCUT2D eigenvalue weighted by molar-refractivity contribution is -0.116. The molecule has 0 aliphatic carbocycles. The minimum atomic E-state index is -0.0137. The monoisotopic (exact) mass is 400 g/mol. The summed E-state index contributed by atoms with van der Waals surface area (Å²) in [5.74, 6) is 0.800. The summed E-state index contributed by atoms with van der Waals surface area (Å²) in [5.41, 5.74) is 5.23. The summed E-state index contributed by atoms with van der Waals surface area (Å²) in [7, 11) is 0. The quantitative estimate of drug-likeness (QED) is 0.488. The topological polar surface area (TPSA) is 69.0 Å². The van der Waals surface area contributed by atoms with E-state index in [9.17, 15) is 4.79 Å². The lowest BCUT2D eigenvalue weighted by Gasteiger charge is -2.08. The maximum Gasteiger partial charge on any atom is 0.224 e. The van der Waals surface area contributed by atoms with Gasteiger partial charge in [-0.05, 0) is 67.8 Å². The predicted octanol–water partition coefficient (Wildman–Crippen LogP) is 4.70. The van der Waals surface area contributed by atoms with Gasteiger partial charge in [-0.2, -0.15) is 4.80 Å². The number of fused-ring (bicyclic) bond motifs is 1. The van der Waals surface area contributed by atoms with E-state index in [4.69, 9.17) is 4.74 Å². The van der Waals surface area contributed by atoms with E-state index >= 15 is 0 Å². The molecule has 0 atom stereocenters. The van der Waals surface area contributed by atoms with Crippen LogP contribution in [0.15, 0.2) is 66.7 Å². The van der Waals surface area contributed by atoms with E-state index < -0.39 is 0 Å². The van der Waals surface area contributed by atoms with E-state index in [1.165, 1.54) is 0 Å². The first-order valence-corrected chi connectivity index (χ1v) is 10.1. The van der Waals surface area contributed by atoms with Gasteiger partial charge in [0.15, 0.2) is 0 Å². The molecule has 6 heteroatoms. The Hall–Kier alpha value is -3.67. The number of hydrogen-bond acceptors (Lipinski definition) is 4. The Kier molecular flexibility index (Phi) is 5.75. The standard InChI is InChI=1S/C24H24N4O2/c1-3-30-20-12-10-19(11-13-20)28-26-22-15-17(2)21(16-23(22)27-28)25-24(29)14-9-18-7-5-4-6-8-18/h4-8,10-13,15-16H,3,9,14H2,1-2H3,(H,25,29). The maximum atomic E-state index is 12.4. The van der Waals surface area contributed by atoms with Crippen LogP contribution >= 0.6 is 0 Å². The summed E-state index contributed by atoms with van der Waals surface area (Å²) in [4.78, 5) is 14.0. The number of carbonyl (C=O) groups is 1. The molecule has 0 spiro atoms. The maximum absolute atomic E-state index is 12.4. The zero-order chi connectivity index (χ0) is 20.9. The Morgan fingerprint density at radius 3 is 2.40 bits per heavy atom. The van der Waals surface area contributed by atoms with Crippen LogP contribution in [0.3, 0.4) is 0 Å². The molecule has 0 aliphatic rings. The number of hydrogen-bond donors (Lipinski definition) is 1. The smallest absolute Gasteiger partial charge is 0.224 e. The van der Waals surface area contributed by atoms with Gasteiger partial charge in [-0.25, -0.2) is 0 Å². The first-order valence-electron chi connectivity index (χ1n) is 10.1. The Morgan fingerprint density at radius 2 is 1.70 bits per heavy atom. The number of aromatic nitrogens is 3. The normalized spacial score (nSPS) is 10.9. The molecule has 3 aromatic carbocycles. The van der Waals surface area contributed by atoms with Crippen molar-refractivity contribution >= 4 is 22.6 Å². The molecule has 4 aromatic rings. The van der Waals surface area contributed by atoms with Crippen molar-refractivity contribution in [1.29, 1.82) is 0 Å². The molecule has 0 unspecified atom stereocenters. The van der Waals surface area contributed by atoms with Gasteiger partial charge >= 0.3 is 0 Å². The first kappa shape index (κ1) is 19.6. The van der Waals surface area contributed by atoms with Crippen LogP contribution in [0, 0.1) is 6.92 Å². The lowest BCUT2D eigenvalue weighted by Crippen LogP contribution is -2.13. The fraction of sp³-hybridized carbons (Fsp3) is 0.208. The van der Waals surface area contributed by atoms with Crippen LogP contribution in [-0.4, -0.2) is 27.5 Å². The van der Waals surface area contributed by atoms with Gasteiger partial charge in [-0.15, -0.1) is 10.2 Å². The largest absolute Gasteiger partial charge is 0.494 e. The average molecular weight is 400 g/mol. The molecule has 1 amide bonds. The molecular weight excluding hydrogens is 376 g/mol. The number of anilines is 1. The van der Waals surface area contributed by atoms with Crippen molar-refractivity contribution in [1.82, 2.24) is 15.0 Å². The van der Waals surface area contributed by atoms with Crippen molar-refractivity contribution < 1.29 is 9.53 Å². The van der Waals surface area contributed by atoms with Gasteiger partial charge in [0.2, 0.25) is 5.91 Å². The number of nitrogens with one attached hydrogen (secondary N) is 1. The third-order valence-corrected chi connectivity index (χ3v) is 4.86. The summed E-state index contributed by atoms with van der Waals surface area (Å²) < 4.78 is 5.48. The number of ether oxygens (including phenoxy) is 1. The zero-order valence-electron chi connectivity index (χ0n) is 17.1. The van der Waals surface area contributed by atoms with Crippen LogP contribution in [-0.2, 0) is 11.2 Å². The second-order valence-corrected chi connectivity index (χ2v) is 7.11. The molecule has 0 saturated heterocycles. The zero-order valence-corrected chi connectivity index (χ0v) is 17.1. The fourth-order valence-corrected chi connectivity index (χ4v) is 3.28. The molecule has 30 heavy (non-hydrogen) atoms. The summed E-state index contributed by atoms with van der Waals surface area (Å²) in [6, 6.07) is 21.5. The van der Waals surface area contributed by atoms with Crippen molar-refractivity contribution in [2.75, 3.05) is 11.9 Å². The Bertz CT molecular complexity index is 1150. The van der Waals surface area contributed by atoms with Crippen LogP contribution in [0.1, 0.15) is 24.5 Å². The average Bonchev–Trinajstić information content (AvgIpc) is 3.17. The minimum absolute atomic E-state index is 0.0137. The Balaban J connectivity index is 1.49. The molecule has 1 N–H and O–H groups in total. The van der Waals surface area contributed by atoms with Gasteiger partial charge in [0, 0.05) is 12.1 Å². The molecule has 0 bridgehead atoms. The number of nitrogens with zero attached hydrogens (tertiary/aromatic N) is 3. The summed E-state index contributed by atoms with van der Waals surface area (Å²) in [5, 5.41) is 12.2. The van der Waals surface area contributed by atoms with E-state index in [2.05, 4.69) is 15.5 Å². The van der Waals surface area contributed by atoms with E-state index in [1.54, 1.807) is 4.80 Å². The Labute approximate surface area is 175 Å². The third kappa shape index (κ3) is 4.49. The van der Waals surface area contributed by atoms with Crippen molar-refractivity contribution in [3.63, 3.8) is 0 Å². The molecule has 4 rings (SSSR count). The van der Waals surface area contributed by atoms with Crippen molar-refractivity contribution in [2.24, 2.45) is 0 Å².